The van der Waals surface area contributed by atoms with Crippen LogP contribution in [0.15, 0.2) is 34.0 Å². The zero-order valence-corrected chi connectivity index (χ0v) is 11.3. The predicted octanol–water partition coefficient (Wildman–Crippen LogP) is 4.13. The van der Waals surface area contributed by atoms with Gasteiger partial charge in [-0.15, -0.1) is 0 Å². The number of halogens is 1. The summed E-state index contributed by atoms with van der Waals surface area (Å²) in [5.74, 6) is 0. The molecular formula is C12H20BrN. The first-order chi connectivity index (χ1) is 6.49. The topological polar surface area (TPSA) is 12.0 Å². The maximum Gasteiger partial charge on any atom is 0.0547 e. The molecule has 0 radical (unpaired) electrons. The Labute approximate surface area is 96.1 Å². The van der Waals surface area contributed by atoms with Crippen molar-refractivity contribution in [3.63, 3.8) is 0 Å². The van der Waals surface area contributed by atoms with Crippen LogP contribution in [0.2, 0.25) is 0 Å². The fourth-order valence-corrected chi connectivity index (χ4v) is 1.14. The molecule has 14 heavy (non-hydrogen) atoms. The monoisotopic (exact) mass is 257 g/mol. The van der Waals surface area contributed by atoms with E-state index in [2.05, 4.69) is 55.0 Å². The third kappa shape index (κ3) is 5.28. The molecule has 1 unspecified atom stereocenters. The summed E-state index contributed by atoms with van der Waals surface area (Å²) in [6.07, 6.45) is 6.11. The van der Waals surface area contributed by atoms with Crippen molar-refractivity contribution in [1.82, 2.24) is 5.32 Å². The van der Waals surface area contributed by atoms with Crippen molar-refractivity contribution in [3.8, 4) is 0 Å². The second-order valence-corrected chi connectivity index (χ2v) is 4.48. The third-order valence-corrected chi connectivity index (χ3v) is 3.00. The Morgan fingerprint density at radius 2 is 1.86 bits per heavy atom. The molecule has 1 N–H and O–H groups in total. The fourth-order valence-electron chi connectivity index (χ4n) is 0.871. The molecule has 80 valence electrons. The van der Waals surface area contributed by atoms with Gasteiger partial charge in [0.2, 0.25) is 0 Å². The van der Waals surface area contributed by atoms with Gasteiger partial charge in [0, 0.05) is 10.2 Å². The molecule has 0 aliphatic rings. The molecule has 1 atom stereocenters. The lowest BCUT2D eigenvalue weighted by molar-refractivity contribution is 0.713. The average molecular weight is 258 g/mol. The molecule has 2 heteroatoms. The van der Waals surface area contributed by atoms with Crippen LogP contribution in [-0.2, 0) is 0 Å². The van der Waals surface area contributed by atoms with Gasteiger partial charge in [0.25, 0.3) is 0 Å². The van der Waals surface area contributed by atoms with Crippen molar-refractivity contribution >= 4 is 15.9 Å². The van der Waals surface area contributed by atoms with Gasteiger partial charge in [0.15, 0.2) is 0 Å². The third-order valence-electron chi connectivity index (χ3n) is 2.04. The molecule has 0 bridgehead atoms. The molecule has 0 heterocycles. The quantitative estimate of drug-likeness (QED) is 0.747. The van der Waals surface area contributed by atoms with Gasteiger partial charge in [-0.1, -0.05) is 39.7 Å². The van der Waals surface area contributed by atoms with E-state index in [1.807, 2.05) is 19.1 Å². The standard InChI is InChI=1S/C12H20BrN/c1-6-7-8-12(13)11(5)14-10(4)9(2)3/h6-8,11,14H,1-5H3/b7-6-,12-8+. The van der Waals surface area contributed by atoms with Gasteiger partial charge < -0.3 is 5.32 Å². The molecular weight excluding hydrogens is 238 g/mol. The summed E-state index contributed by atoms with van der Waals surface area (Å²) in [4.78, 5) is 0. The molecule has 0 aliphatic carbocycles. The maximum atomic E-state index is 3.55. The molecule has 0 aromatic heterocycles. The van der Waals surface area contributed by atoms with Crippen molar-refractivity contribution in [2.45, 2.75) is 40.7 Å². The van der Waals surface area contributed by atoms with E-state index >= 15 is 0 Å². The summed E-state index contributed by atoms with van der Waals surface area (Å²) in [5.41, 5.74) is 2.56. The van der Waals surface area contributed by atoms with Crippen LogP contribution in [0.5, 0.6) is 0 Å². The van der Waals surface area contributed by atoms with Crippen LogP contribution in [0.1, 0.15) is 34.6 Å². The van der Waals surface area contributed by atoms with Crippen LogP contribution in [0.3, 0.4) is 0 Å². The van der Waals surface area contributed by atoms with Gasteiger partial charge >= 0.3 is 0 Å². The molecule has 0 fully saturated rings. The maximum absolute atomic E-state index is 3.55. The molecule has 0 spiro atoms. The zero-order valence-electron chi connectivity index (χ0n) is 9.69. The van der Waals surface area contributed by atoms with Crippen LogP contribution in [0, 0.1) is 0 Å². The number of nitrogens with one attached hydrogen (secondary N) is 1. The van der Waals surface area contributed by atoms with Crippen molar-refractivity contribution in [2.24, 2.45) is 0 Å². The Hall–Kier alpha value is -0.500. The van der Waals surface area contributed by atoms with Gasteiger partial charge in [-0.05, 0) is 34.6 Å². The molecule has 0 rings (SSSR count). The molecule has 0 amide bonds. The van der Waals surface area contributed by atoms with E-state index < -0.39 is 0 Å². The van der Waals surface area contributed by atoms with Crippen LogP contribution >= 0.6 is 15.9 Å². The highest BCUT2D eigenvalue weighted by molar-refractivity contribution is 9.11. The number of rotatable bonds is 4. The minimum atomic E-state index is 0.320. The summed E-state index contributed by atoms with van der Waals surface area (Å²) in [7, 11) is 0. The van der Waals surface area contributed by atoms with E-state index in [9.17, 15) is 0 Å². The van der Waals surface area contributed by atoms with Gasteiger partial charge in [-0.25, -0.2) is 0 Å². The Morgan fingerprint density at radius 3 is 2.29 bits per heavy atom. The molecule has 1 nitrogen and oxygen atoms in total. The van der Waals surface area contributed by atoms with Gasteiger partial charge in [-0.2, -0.15) is 0 Å². The minimum Gasteiger partial charge on any atom is -0.382 e. The van der Waals surface area contributed by atoms with E-state index in [4.69, 9.17) is 0 Å². The SMILES string of the molecule is C/C=C\C=C(\Br)C(C)NC(C)=C(C)C. The predicted molar refractivity (Wildman–Crippen MR) is 68.5 cm³/mol. The Bertz CT molecular complexity index is 257. The number of hydrogen-bond acceptors (Lipinski definition) is 1. The lowest BCUT2D eigenvalue weighted by Gasteiger charge is -2.16. The van der Waals surface area contributed by atoms with Crippen molar-refractivity contribution in [3.05, 3.63) is 34.0 Å². The first-order valence-corrected chi connectivity index (χ1v) is 5.67. The van der Waals surface area contributed by atoms with E-state index in [1.165, 1.54) is 11.3 Å². The van der Waals surface area contributed by atoms with Gasteiger partial charge in [0.1, 0.15) is 0 Å². The molecule has 0 aromatic carbocycles. The highest BCUT2D eigenvalue weighted by atomic mass is 79.9. The lowest BCUT2D eigenvalue weighted by atomic mass is 10.2. The lowest BCUT2D eigenvalue weighted by Crippen LogP contribution is -2.24. The summed E-state index contributed by atoms with van der Waals surface area (Å²) in [5, 5.41) is 3.42. The van der Waals surface area contributed by atoms with Crippen LogP contribution in [-0.4, -0.2) is 6.04 Å². The minimum absolute atomic E-state index is 0.320. The normalized spacial score (nSPS) is 14.3. The zero-order chi connectivity index (χ0) is 11.1. The second kappa shape index (κ2) is 6.88. The summed E-state index contributed by atoms with van der Waals surface area (Å²) < 4.78 is 1.16. The largest absolute Gasteiger partial charge is 0.382 e. The second-order valence-electron chi connectivity index (χ2n) is 3.57. The smallest absolute Gasteiger partial charge is 0.0547 e. The molecule has 0 aliphatic heterocycles. The van der Waals surface area contributed by atoms with Crippen LogP contribution in [0.25, 0.3) is 0 Å². The van der Waals surface area contributed by atoms with E-state index in [0.29, 0.717) is 6.04 Å². The average Bonchev–Trinajstić information content (AvgIpc) is 2.13. The van der Waals surface area contributed by atoms with E-state index in [0.717, 1.165) is 4.48 Å². The Balaban J connectivity index is 4.35. The van der Waals surface area contributed by atoms with Crippen molar-refractivity contribution in [1.29, 1.82) is 0 Å². The number of allylic oxidation sites excluding steroid dienone is 5. The molecule has 0 saturated carbocycles. The molecule has 0 aromatic rings. The van der Waals surface area contributed by atoms with Crippen LogP contribution in [0.4, 0.5) is 0 Å². The van der Waals surface area contributed by atoms with E-state index in [-0.39, 0.29) is 0 Å². The number of hydrogen-bond donors (Lipinski definition) is 1. The Morgan fingerprint density at radius 1 is 1.29 bits per heavy atom. The summed E-state index contributed by atoms with van der Waals surface area (Å²) >= 11 is 3.55. The fraction of sp³-hybridized carbons (Fsp3) is 0.500. The Kier molecular flexibility index (Phi) is 6.64. The van der Waals surface area contributed by atoms with E-state index in [1.54, 1.807) is 0 Å². The van der Waals surface area contributed by atoms with Gasteiger partial charge in [-0.3, -0.25) is 0 Å². The highest BCUT2D eigenvalue weighted by Crippen LogP contribution is 2.12. The van der Waals surface area contributed by atoms with Gasteiger partial charge in [0.05, 0.1) is 6.04 Å². The highest BCUT2D eigenvalue weighted by Gasteiger charge is 2.04. The van der Waals surface area contributed by atoms with Crippen molar-refractivity contribution in [2.75, 3.05) is 0 Å². The summed E-state index contributed by atoms with van der Waals surface area (Å²) in [6.45, 7) is 10.5. The molecule has 0 saturated heterocycles. The van der Waals surface area contributed by atoms with Crippen molar-refractivity contribution < 1.29 is 0 Å². The van der Waals surface area contributed by atoms with Crippen LogP contribution < -0.4 is 5.32 Å². The first-order valence-electron chi connectivity index (χ1n) is 4.88. The first kappa shape index (κ1) is 13.5. The summed E-state index contributed by atoms with van der Waals surface area (Å²) in [6, 6.07) is 0.320.